The Kier molecular flexibility index (Phi) is 6.03. The van der Waals surface area contributed by atoms with Gasteiger partial charge in [-0.05, 0) is 28.1 Å². The van der Waals surface area contributed by atoms with Crippen LogP contribution in [0.1, 0.15) is 25.0 Å². The Morgan fingerprint density at radius 3 is 2.76 bits per heavy atom. The molecular weight excluding hydrogens is 352 g/mol. The van der Waals surface area contributed by atoms with E-state index >= 15 is 0 Å². The average Bonchev–Trinajstić information content (AvgIpc) is 2.45. The van der Waals surface area contributed by atoms with Gasteiger partial charge in [0.1, 0.15) is 6.61 Å². The van der Waals surface area contributed by atoms with Crippen LogP contribution in [0.15, 0.2) is 41.0 Å². The molecule has 1 heterocycles. The van der Waals surface area contributed by atoms with Crippen LogP contribution >= 0.6 is 27.5 Å². The summed E-state index contributed by atoms with van der Waals surface area (Å²) in [4.78, 5) is 4.35. The zero-order chi connectivity index (χ0) is 15.2. The quantitative estimate of drug-likeness (QED) is 0.809. The lowest BCUT2D eigenvalue weighted by molar-refractivity contribution is 0.289. The van der Waals surface area contributed by atoms with Crippen molar-refractivity contribution >= 4 is 27.5 Å². The molecule has 2 aromatic rings. The van der Waals surface area contributed by atoms with Crippen LogP contribution in [0.25, 0.3) is 0 Å². The van der Waals surface area contributed by atoms with Crippen molar-refractivity contribution in [2.45, 2.75) is 33.0 Å². The molecule has 0 unspecified atom stereocenters. The van der Waals surface area contributed by atoms with Gasteiger partial charge < -0.3 is 10.1 Å². The molecule has 1 aromatic carbocycles. The molecular formula is C16H18BrClN2O. The minimum Gasteiger partial charge on any atom is -0.473 e. The van der Waals surface area contributed by atoms with Gasteiger partial charge >= 0.3 is 0 Å². The van der Waals surface area contributed by atoms with Crippen LogP contribution in [-0.2, 0) is 13.2 Å². The molecule has 1 N–H and O–H groups in total. The van der Waals surface area contributed by atoms with Gasteiger partial charge in [-0.1, -0.05) is 43.6 Å². The van der Waals surface area contributed by atoms with E-state index in [1.54, 1.807) is 6.20 Å². The summed E-state index contributed by atoms with van der Waals surface area (Å²) in [6.45, 7) is 5.33. The molecule has 0 bridgehead atoms. The van der Waals surface area contributed by atoms with Gasteiger partial charge in [-0.25, -0.2) is 4.98 Å². The highest BCUT2D eigenvalue weighted by Gasteiger charge is 2.08. The van der Waals surface area contributed by atoms with E-state index in [-0.39, 0.29) is 0 Å². The summed E-state index contributed by atoms with van der Waals surface area (Å²) in [6, 6.07) is 10.1. The molecule has 0 atom stereocenters. The molecule has 0 saturated heterocycles. The number of benzene rings is 1. The summed E-state index contributed by atoms with van der Waals surface area (Å²) in [5.74, 6) is 0.631. The van der Waals surface area contributed by atoms with E-state index in [1.807, 2.05) is 30.3 Å². The fourth-order valence-electron chi connectivity index (χ4n) is 1.80. The normalized spacial score (nSPS) is 10.9. The lowest BCUT2D eigenvalue weighted by Gasteiger charge is -2.13. The second-order valence-electron chi connectivity index (χ2n) is 5.03. The van der Waals surface area contributed by atoms with E-state index in [4.69, 9.17) is 16.3 Å². The molecule has 2 rings (SSSR count). The highest BCUT2D eigenvalue weighted by atomic mass is 79.9. The van der Waals surface area contributed by atoms with E-state index in [9.17, 15) is 0 Å². The molecule has 3 nitrogen and oxygen atoms in total. The number of rotatable bonds is 6. The van der Waals surface area contributed by atoms with E-state index in [0.29, 0.717) is 30.1 Å². The fourth-order valence-corrected chi connectivity index (χ4v) is 2.37. The van der Waals surface area contributed by atoms with Crippen LogP contribution in [0.4, 0.5) is 0 Å². The maximum Gasteiger partial charge on any atom is 0.218 e. The van der Waals surface area contributed by atoms with Crippen LogP contribution in [0.2, 0.25) is 5.02 Å². The van der Waals surface area contributed by atoms with Crippen LogP contribution in [0, 0.1) is 0 Å². The molecule has 0 saturated carbocycles. The summed E-state index contributed by atoms with van der Waals surface area (Å²) < 4.78 is 6.77. The number of nitrogens with one attached hydrogen (secondary N) is 1. The molecule has 5 heteroatoms. The number of pyridine rings is 1. The van der Waals surface area contributed by atoms with Gasteiger partial charge in [-0.3, -0.25) is 0 Å². The highest BCUT2D eigenvalue weighted by molar-refractivity contribution is 9.10. The average molecular weight is 370 g/mol. The first-order valence-corrected chi connectivity index (χ1v) is 7.97. The number of hydrogen-bond donors (Lipinski definition) is 1. The standard InChI is InChI=1S/C16H18BrClN2O/c1-11(2)19-8-13-7-14(17)9-20-16(13)21-10-12-5-3-4-6-15(12)18/h3-7,9,11,19H,8,10H2,1-2H3. The van der Waals surface area contributed by atoms with Crippen molar-refractivity contribution in [2.75, 3.05) is 0 Å². The van der Waals surface area contributed by atoms with E-state index < -0.39 is 0 Å². The van der Waals surface area contributed by atoms with Crippen molar-refractivity contribution in [1.82, 2.24) is 10.3 Å². The molecule has 0 radical (unpaired) electrons. The second kappa shape index (κ2) is 7.78. The zero-order valence-corrected chi connectivity index (χ0v) is 14.4. The van der Waals surface area contributed by atoms with Gasteiger partial charge in [0.15, 0.2) is 0 Å². The van der Waals surface area contributed by atoms with Crippen LogP contribution < -0.4 is 10.1 Å². The van der Waals surface area contributed by atoms with Crippen LogP contribution in [0.5, 0.6) is 5.88 Å². The molecule has 112 valence electrons. The fraction of sp³-hybridized carbons (Fsp3) is 0.312. The highest BCUT2D eigenvalue weighted by Crippen LogP contribution is 2.22. The van der Waals surface area contributed by atoms with Gasteiger partial charge in [0, 0.05) is 39.4 Å². The Hall–Kier alpha value is -1.10. The van der Waals surface area contributed by atoms with E-state index in [0.717, 1.165) is 15.6 Å². The Bertz CT molecular complexity index is 605. The molecule has 21 heavy (non-hydrogen) atoms. The third kappa shape index (κ3) is 4.99. The Balaban J connectivity index is 2.10. The predicted octanol–water partition coefficient (Wildman–Crippen LogP) is 4.57. The van der Waals surface area contributed by atoms with E-state index in [2.05, 4.69) is 40.1 Å². The molecule has 0 aliphatic carbocycles. The van der Waals surface area contributed by atoms with E-state index in [1.165, 1.54) is 0 Å². The summed E-state index contributed by atoms with van der Waals surface area (Å²) in [5, 5.41) is 4.08. The van der Waals surface area contributed by atoms with Crippen molar-refractivity contribution in [3.8, 4) is 5.88 Å². The van der Waals surface area contributed by atoms with Crippen molar-refractivity contribution in [3.63, 3.8) is 0 Å². The summed E-state index contributed by atoms with van der Waals surface area (Å²) >= 11 is 9.58. The zero-order valence-electron chi connectivity index (χ0n) is 12.1. The van der Waals surface area contributed by atoms with Crippen LogP contribution in [0.3, 0.4) is 0 Å². The predicted molar refractivity (Wildman–Crippen MR) is 89.7 cm³/mol. The monoisotopic (exact) mass is 368 g/mol. The summed E-state index contributed by atoms with van der Waals surface area (Å²) in [5.41, 5.74) is 1.97. The number of nitrogens with zero attached hydrogens (tertiary/aromatic N) is 1. The minimum absolute atomic E-state index is 0.403. The second-order valence-corrected chi connectivity index (χ2v) is 6.36. The number of halogens is 2. The first kappa shape index (κ1) is 16.3. The molecule has 1 aromatic heterocycles. The van der Waals surface area contributed by atoms with Crippen molar-refractivity contribution in [2.24, 2.45) is 0 Å². The lowest BCUT2D eigenvalue weighted by atomic mass is 10.2. The minimum atomic E-state index is 0.403. The molecule has 0 spiro atoms. The first-order valence-electron chi connectivity index (χ1n) is 6.80. The lowest BCUT2D eigenvalue weighted by Crippen LogP contribution is -2.22. The summed E-state index contributed by atoms with van der Waals surface area (Å²) in [7, 11) is 0. The van der Waals surface area contributed by atoms with Gasteiger partial charge in [0.2, 0.25) is 5.88 Å². The van der Waals surface area contributed by atoms with Crippen molar-refractivity contribution < 1.29 is 4.74 Å². The van der Waals surface area contributed by atoms with Crippen molar-refractivity contribution in [1.29, 1.82) is 0 Å². The largest absolute Gasteiger partial charge is 0.473 e. The smallest absolute Gasteiger partial charge is 0.218 e. The number of aromatic nitrogens is 1. The number of hydrogen-bond acceptors (Lipinski definition) is 3. The van der Waals surface area contributed by atoms with Crippen molar-refractivity contribution in [3.05, 3.63) is 57.2 Å². The molecule has 0 aliphatic heterocycles. The SMILES string of the molecule is CC(C)NCc1cc(Br)cnc1OCc1ccccc1Cl. The third-order valence-electron chi connectivity index (χ3n) is 2.91. The van der Waals surface area contributed by atoms with Gasteiger partial charge in [-0.2, -0.15) is 0 Å². The Morgan fingerprint density at radius 1 is 1.29 bits per heavy atom. The summed E-state index contributed by atoms with van der Waals surface area (Å²) in [6.07, 6.45) is 1.74. The van der Waals surface area contributed by atoms with Crippen LogP contribution in [-0.4, -0.2) is 11.0 Å². The molecule has 0 aliphatic rings. The molecule has 0 amide bonds. The Morgan fingerprint density at radius 2 is 2.05 bits per heavy atom. The van der Waals surface area contributed by atoms with Gasteiger partial charge in [0.05, 0.1) is 0 Å². The molecule has 0 fully saturated rings. The Labute approximate surface area is 138 Å². The first-order chi connectivity index (χ1) is 10.1. The number of ether oxygens (including phenoxy) is 1. The van der Waals surface area contributed by atoms with Gasteiger partial charge in [-0.15, -0.1) is 0 Å². The maximum absolute atomic E-state index is 6.14. The third-order valence-corrected chi connectivity index (χ3v) is 3.72. The van der Waals surface area contributed by atoms with Gasteiger partial charge in [0.25, 0.3) is 0 Å². The topological polar surface area (TPSA) is 34.2 Å². The maximum atomic E-state index is 6.14.